The van der Waals surface area contributed by atoms with Gasteiger partial charge in [-0.2, -0.15) is 0 Å². The lowest BCUT2D eigenvalue weighted by Gasteiger charge is -2.11. The van der Waals surface area contributed by atoms with Crippen LogP contribution in [-0.2, 0) is 6.54 Å². The number of halogens is 1. The summed E-state index contributed by atoms with van der Waals surface area (Å²) in [7, 11) is 0. The van der Waals surface area contributed by atoms with Gasteiger partial charge in [0.1, 0.15) is 0 Å². The Kier molecular flexibility index (Phi) is 3.78. The van der Waals surface area contributed by atoms with E-state index in [0.717, 1.165) is 34.1 Å². The number of nitrogen functional groups attached to an aromatic ring is 1. The third-order valence-electron chi connectivity index (χ3n) is 2.99. The van der Waals surface area contributed by atoms with Crippen molar-refractivity contribution in [3.05, 3.63) is 58.1 Å². The molecule has 0 bridgehead atoms. The van der Waals surface area contributed by atoms with Crippen molar-refractivity contribution in [1.29, 1.82) is 0 Å². The molecule has 18 heavy (non-hydrogen) atoms. The first kappa shape index (κ1) is 12.8. The molecule has 94 valence electrons. The first-order valence-electron chi connectivity index (χ1n) is 5.91. The quantitative estimate of drug-likeness (QED) is 0.814. The van der Waals surface area contributed by atoms with Crippen LogP contribution < -0.4 is 11.1 Å². The van der Waals surface area contributed by atoms with E-state index in [-0.39, 0.29) is 0 Å². The SMILES string of the molecule is Cc1cc(CNc2ccc(Cl)cc2)cc(C)c1N. The maximum Gasteiger partial charge on any atom is 0.0407 e. The predicted octanol–water partition coefficient (Wildman–Crippen LogP) is 4.15. The van der Waals surface area contributed by atoms with Crippen molar-refractivity contribution in [3.63, 3.8) is 0 Å². The number of nitrogens with two attached hydrogens (primary N) is 1. The van der Waals surface area contributed by atoms with Gasteiger partial charge >= 0.3 is 0 Å². The van der Waals surface area contributed by atoms with E-state index in [1.807, 2.05) is 38.1 Å². The van der Waals surface area contributed by atoms with Crippen LogP contribution in [0.5, 0.6) is 0 Å². The number of anilines is 2. The molecule has 2 aromatic carbocycles. The summed E-state index contributed by atoms with van der Waals surface area (Å²) < 4.78 is 0. The number of rotatable bonds is 3. The highest BCUT2D eigenvalue weighted by atomic mass is 35.5. The van der Waals surface area contributed by atoms with Crippen molar-refractivity contribution in [1.82, 2.24) is 0 Å². The minimum Gasteiger partial charge on any atom is -0.398 e. The molecule has 0 unspecified atom stereocenters. The molecule has 0 radical (unpaired) electrons. The molecule has 2 rings (SSSR count). The van der Waals surface area contributed by atoms with Crippen LogP contribution >= 0.6 is 11.6 Å². The lowest BCUT2D eigenvalue weighted by molar-refractivity contribution is 1.13. The second kappa shape index (κ2) is 5.32. The van der Waals surface area contributed by atoms with Crippen molar-refractivity contribution >= 4 is 23.0 Å². The van der Waals surface area contributed by atoms with E-state index in [1.165, 1.54) is 5.56 Å². The molecular formula is C15H17ClN2. The van der Waals surface area contributed by atoms with E-state index in [2.05, 4.69) is 17.4 Å². The summed E-state index contributed by atoms with van der Waals surface area (Å²) in [6.07, 6.45) is 0. The first-order valence-corrected chi connectivity index (χ1v) is 6.29. The van der Waals surface area contributed by atoms with Crippen LogP contribution in [0.25, 0.3) is 0 Å². The Morgan fingerprint density at radius 1 is 1.06 bits per heavy atom. The fraction of sp³-hybridized carbons (Fsp3) is 0.200. The third-order valence-corrected chi connectivity index (χ3v) is 3.25. The topological polar surface area (TPSA) is 38.0 Å². The molecule has 0 saturated carbocycles. The van der Waals surface area contributed by atoms with E-state index in [4.69, 9.17) is 17.3 Å². The van der Waals surface area contributed by atoms with E-state index in [9.17, 15) is 0 Å². The predicted molar refractivity (Wildman–Crippen MR) is 79.1 cm³/mol. The van der Waals surface area contributed by atoms with Crippen LogP contribution in [-0.4, -0.2) is 0 Å². The van der Waals surface area contributed by atoms with Gasteiger partial charge in [0.2, 0.25) is 0 Å². The molecule has 0 amide bonds. The second-order valence-corrected chi connectivity index (χ2v) is 4.94. The summed E-state index contributed by atoms with van der Waals surface area (Å²) in [6, 6.07) is 11.9. The standard InChI is InChI=1S/C15H17ClN2/c1-10-7-12(8-11(2)15(10)17)9-18-14-5-3-13(16)4-6-14/h3-8,18H,9,17H2,1-2H3. The van der Waals surface area contributed by atoms with Crippen LogP contribution in [0.2, 0.25) is 5.02 Å². The number of hydrogen-bond donors (Lipinski definition) is 2. The number of benzene rings is 2. The number of hydrogen-bond acceptors (Lipinski definition) is 2. The van der Waals surface area contributed by atoms with E-state index < -0.39 is 0 Å². The monoisotopic (exact) mass is 260 g/mol. The van der Waals surface area contributed by atoms with Crippen molar-refractivity contribution in [2.45, 2.75) is 20.4 Å². The molecule has 0 fully saturated rings. The Morgan fingerprint density at radius 2 is 1.61 bits per heavy atom. The summed E-state index contributed by atoms with van der Waals surface area (Å²) in [5.74, 6) is 0. The Hall–Kier alpha value is -1.67. The third kappa shape index (κ3) is 2.96. The summed E-state index contributed by atoms with van der Waals surface area (Å²) in [5, 5.41) is 4.11. The fourth-order valence-electron chi connectivity index (χ4n) is 1.94. The van der Waals surface area contributed by atoms with E-state index in [1.54, 1.807) is 0 Å². The van der Waals surface area contributed by atoms with Crippen LogP contribution in [0.15, 0.2) is 36.4 Å². The Balaban J connectivity index is 2.08. The van der Waals surface area contributed by atoms with Crippen LogP contribution in [0.4, 0.5) is 11.4 Å². The average Bonchev–Trinajstić information content (AvgIpc) is 2.35. The van der Waals surface area contributed by atoms with Gasteiger partial charge in [0, 0.05) is 22.9 Å². The van der Waals surface area contributed by atoms with Crippen molar-refractivity contribution in [2.75, 3.05) is 11.1 Å². The van der Waals surface area contributed by atoms with Crippen molar-refractivity contribution < 1.29 is 0 Å². The van der Waals surface area contributed by atoms with Gasteiger partial charge in [-0.15, -0.1) is 0 Å². The molecule has 0 aromatic heterocycles. The molecule has 3 heteroatoms. The largest absolute Gasteiger partial charge is 0.398 e. The van der Waals surface area contributed by atoms with Gasteiger partial charge in [-0.3, -0.25) is 0 Å². The Bertz CT molecular complexity index is 524. The molecule has 0 saturated heterocycles. The molecule has 3 N–H and O–H groups in total. The Labute approximate surface area is 113 Å². The van der Waals surface area contributed by atoms with Gasteiger partial charge in [0.25, 0.3) is 0 Å². The van der Waals surface area contributed by atoms with E-state index >= 15 is 0 Å². The van der Waals surface area contributed by atoms with Crippen LogP contribution in [0.1, 0.15) is 16.7 Å². The minimum atomic E-state index is 0.750. The summed E-state index contributed by atoms with van der Waals surface area (Å²) >= 11 is 5.85. The van der Waals surface area contributed by atoms with Gasteiger partial charge in [0.05, 0.1) is 0 Å². The zero-order valence-corrected chi connectivity index (χ0v) is 11.4. The van der Waals surface area contributed by atoms with Gasteiger partial charge in [-0.1, -0.05) is 23.7 Å². The maximum absolute atomic E-state index is 5.94. The van der Waals surface area contributed by atoms with Gasteiger partial charge in [-0.05, 0) is 54.8 Å². The highest BCUT2D eigenvalue weighted by Gasteiger charge is 2.01. The second-order valence-electron chi connectivity index (χ2n) is 4.50. The van der Waals surface area contributed by atoms with Crippen molar-refractivity contribution in [3.8, 4) is 0 Å². The van der Waals surface area contributed by atoms with Crippen LogP contribution in [0, 0.1) is 13.8 Å². The fourth-order valence-corrected chi connectivity index (χ4v) is 2.06. The maximum atomic E-state index is 5.94. The molecule has 0 spiro atoms. The molecule has 2 aromatic rings. The molecular weight excluding hydrogens is 244 g/mol. The lowest BCUT2D eigenvalue weighted by atomic mass is 10.0. The zero-order chi connectivity index (χ0) is 13.1. The minimum absolute atomic E-state index is 0.750. The average molecular weight is 261 g/mol. The summed E-state index contributed by atoms with van der Waals surface area (Å²) in [6.45, 7) is 4.85. The number of aryl methyl sites for hydroxylation is 2. The first-order chi connectivity index (χ1) is 8.56. The smallest absolute Gasteiger partial charge is 0.0407 e. The normalized spacial score (nSPS) is 10.4. The number of nitrogens with one attached hydrogen (secondary N) is 1. The molecule has 0 aliphatic heterocycles. The van der Waals surface area contributed by atoms with Crippen LogP contribution in [0.3, 0.4) is 0 Å². The molecule has 0 aliphatic carbocycles. The summed E-state index contributed by atoms with van der Waals surface area (Å²) in [5.41, 5.74) is 11.4. The zero-order valence-electron chi connectivity index (χ0n) is 10.6. The Morgan fingerprint density at radius 3 is 2.17 bits per heavy atom. The van der Waals surface area contributed by atoms with E-state index in [0.29, 0.717) is 0 Å². The molecule has 0 atom stereocenters. The van der Waals surface area contributed by atoms with Gasteiger partial charge in [-0.25, -0.2) is 0 Å². The highest BCUT2D eigenvalue weighted by Crippen LogP contribution is 2.20. The molecule has 0 heterocycles. The van der Waals surface area contributed by atoms with Gasteiger partial charge < -0.3 is 11.1 Å². The van der Waals surface area contributed by atoms with Crippen molar-refractivity contribution in [2.24, 2.45) is 0 Å². The lowest BCUT2D eigenvalue weighted by Crippen LogP contribution is -2.02. The molecule has 2 nitrogen and oxygen atoms in total. The van der Waals surface area contributed by atoms with Gasteiger partial charge in [0.15, 0.2) is 0 Å². The summed E-state index contributed by atoms with van der Waals surface area (Å²) in [4.78, 5) is 0. The highest BCUT2D eigenvalue weighted by molar-refractivity contribution is 6.30. The molecule has 0 aliphatic rings.